The van der Waals surface area contributed by atoms with E-state index in [1.807, 2.05) is 0 Å². The van der Waals surface area contributed by atoms with Crippen LogP contribution in [-0.4, -0.2) is 193 Å². The molecule has 0 radical (unpaired) electrons. The first kappa shape index (κ1) is 42.9. The number of rotatable bonds is 28. The minimum atomic E-state index is -1.52. The van der Waals surface area contributed by atoms with Crippen molar-refractivity contribution in [2.75, 3.05) is 106 Å². The Hall–Kier alpha value is -2.47. The zero-order valence-electron chi connectivity index (χ0n) is 28.7. The van der Waals surface area contributed by atoms with E-state index in [0.29, 0.717) is 58.6 Å². The van der Waals surface area contributed by atoms with Gasteiger partial charge >= 0.3 is 0 Å². The van der Waals surface area contributed by atoms with Crippen molar-refractivity contribution in [1.82, 2.24) is 0 Å². The minimum Gasteiger partial charge on any atom is -0.450 e. The molecule has 3 heterocycles. The van der Waals surface area contributed by atoms with Crippen molar-refractivity contribution < 1.29 is 72.5 Å². The molecule has 51 heavy (non-hydrogen) atoms. The molecule has 4 N–H and O–H groups in total. The molecule has 3 aliphatic rings. The predicted molar refractivity (Wildman–Crippen MR) is 173 cm³/mol. The Morgan fingerprint density at radius 2 is 1.25 bits per heavy atom. The third-order valence-corrected chi connectivity index (χ3v) is 7.68. The first-order valence-corrected chi connectivity index (χ1v) is 16.8. The van der Waals surface area contributed by atoms with Crippen LogP contribution in [0.3, 0.4) is 0 Å². The van der Waals surface area contributed by atoms with Crippen molar-refractivity contribution in [2.45, 2.75) is 74.7 Å². The Morgan fingerprint density at radius 3 is 1.86 bits per heavy atom. The van der Waals surface area contributed by atoms with Crippen LogP contribution in [0.1, 0.15) is 13.3 Å². The topological polar surface area (TPSA) is 292 Å². The van der Waals surface area contributed by atoms with E-state index < -0.39 is 68.0 Å². The highest BCUT2D eigenvalue weighted by Gasteiger charge is 2.53. The number of nitrogens with zero attached hydrogens (tertiary/aromatic N) is 7. The van der Waals surface area contributed by atoms with Gasteiger partial charge < -0.3 is 72.5 Å². The van der Waals surface area contributed by atoms with E-state index in [2.05, 4.69) is 25.0 Å². The molecule has 22 nitrogen and oxygen atoms in total. The van der Waals surface area contributed by atoms with Crippen LogP contribution in [0.2, 0.25) is 0 Å². The van der Waals surface area contributed by atoms with Crippen molar-refractivity contribution in [3.63, 3.8) is 0 Å². The highest BCUT2D eigenvalue weighted by Crippen LogP contribution is 2.33. The molecule has 2 saturated heterocycles. The average molecular weight is 738 g/mol. The number of ether oxygens (including phenoxy) is 11. The SMILES string of the molecule is CC1=N[C@H]2[C@@H](O1)O[C@H](CO)[C@@H](O[C@@H]1O[C@H](COCCOCCOCCN=[N+]=[N-])[C@@H](O)[C@H](OCCOCCCOCCOCCN=[N+]=[N-])[C@@H]1O)[C@@H]2O. The highest BCUT2D eigenvalue weighted by atomic mass is 16.7. The summed E-state index contributed by atoms with van der Waals surface area (Å²) in [6, 6.07) is -0.821. The Bertz CT molecular complexity index is 1090. The van der Waals surface area contributed by atoms with Gasteiger partial charge in [0.1, 0.15) is 48.8 Å². The number of azide groups is 2. The van der Waals surface area contributed by atoms with Crippen molar-refractivity contribution >= 4 is 5.90 Å². The van der Waals surface area contributed by atoms with E-state index in [0.717, 1.165) is 0 Å². The summed E-state index contributed by atoms with van der Waals surface area (Å²) in [5.74, 6) is 0.311. The molecule has 0 spiro atoms. The van der Waals surface area contributed by atoms with Crippen LogP contribution in [0.5, 0.6) is 0 Å². The van der Waals surface area contributed by atoms with Crippen molar-refractivity contribution in [1.29, 1.82) is 0 Å². The summed E-state index contributed by atoms with van der Waals surface area (Å²) >= 11 is 0. The maximum atomic E-state index is 11.2. The van der Waals surface area contributed by atoms with Crippen molar-refractivity contribution in [3.8, 4) is 0 Å². The molecule has 0 aromatic carbocycles. The summed E-state index contributed by atoms with van der Waals surface area (Å²) in [5, 5.41) is 50.2. The minimum absolute atomic E-state index is 0.0151. The lowest BCUT2D eigenvalue weighted by molar-refractivity contribution is -0.346. The fourth-order valence-corrected chi connectivity index (χ4v) is 5.24. The standard InChI is InChI=1S/C29H51N7O15/c1-19-34-22-24(39)26(20(17-37)49-28(22)48-19)51-29-25(40)27(47-16-15-42-6-2-5-41-9-10-43-7-3-32-35-30)23(38)21(50-29)18-46-14-13-45-12-11-44-8-4-33-36-31/h20-29,37-40H,2-18H2,1H3/t20-,21-,22-,23-,24-,25+,26-,27+,28+,29+/m1/s1. The van der Waals surface area contributed by atoms with Gasteiger partial charge in [0.2, 0.25) is 6.29 Å². The van der Waals surface area contributed by atoms with Crippen LogP contribution in [0.25, 0.3) is 20.9 Å². The second kappa shape index (κ2) is 25.5. The van der Waals surface area contributed by atoms with E-state index >= 15 is 0 Å². The van der Waals surface area contributed by atoms with Gasteiger partial charge in [-0.3, -0.25) is 0 Å². The molecule has 292 valence electrons. The summed E-state index contributed by atoms with van der Waals surface area (Å²) in [6.07, 6.45) is -10.3. The third kappa shape index (κ3) is 15.2. The monoisotopic (exact) mass is 737 g/mol. The first-order valence-electron chi connectivity index (χ1n) is 16.8. The molecule has 0 bridgehead atoms. The lowest BCUT2D eigenvalue weighted by Gasteiger charge is -2.46. The molecule has 0 aliphatic carbocycles. The summed E-state index contributed by atoms with van der Waals surface area (Å²) in [4.78, 5) is 9.54. The van der Waals surface area contributed by atoms with Crippen LogP contribution in [-0.2, 0) is 52.1 Å². The van der Waals surface area contributed by atoms with Crippen LogP contribution in [0.4, 0.5) is 0 Å². The number of aliphatic hydroxyl groups excluding tert-OH is 4. The third-order valence-electron chi connectivity index (χ3n) is 7.68. The molecule has 3 rings (SSSR count). The van der Waals surface area contributed by atoms with Gasteiger partial charge in [-0.05, 0) is 17.5 Å². The number of hydrogen-bond donors (Lipinski definition) is 4. The molecular formula is C29H51N7O15. The Balaban J connectivity index is 1.46. The molecular weight excluding hydrogens is 686 g/mol. The maximum Gasteiger partial charge on any atom is 0.227 e. The number of hydrogen-bond acceptors (Lipinski definition) is 18. The molecule has 10 atom stereocenters. The molecule has 2 fully saturated rings. The van der Waals surface area contributed by atoms with Gasteiger partial charge in [-0.25, -0.2) is 4.99 Å². The van der Waals surface area contributed by atoms with Crippen LogP contribution in [0, 0.1) is 0 Å². The Morgan fingerprint density at radius 1 is 0.686 bits per heavy atom. The summed E-state index contributed by atoms with van der Waals surface area (Å²) in [6.45, 7) is 4.79. The predicted octanol–water partition coefficient (Wildman–Crippen LogP) is -0.791. The normalized spacial score (nSPS) is 30.2. The van der Waals surface area contributed by atoms with E-state index in [9.17, 15) is 20.4 Å². The van der Waals surface area contributed by atoms with Gasteiger partial charge in [-0.15, -0.1) is 0 Å². The highest BCUT2D eigenvalue weighted by molar-refractivity contribution is 5.75. The first-order chi connectivity index (χ1) is 24.9. The van der Waals surface area contributed by atoms with Gasteiger partial charge in [-0.2, -0.15) is 0 Å². The summed E-state index contributed by atoms with van der Waals surface area (Å²) in [5.41, 5.74) is 16.5. The molecule has 0 amide bonds. The average Bonchev–Trinajstić information content (AvgIpc) is 3.51. The maximum absolute atomic E-state index is 11.2. The Labute approximate surface area is 295 Å². The smallest absolute Gasteiger partial charge is 0.227 e. The van der Waals surface area contributed by atoms with E-state index in [4.69, 9.17) is 63.2 Å². The molecule has 0 unspecified atom stereocenters. The number of fused-ring (bicyclic) bond motifs is 1. The second-order valence-corrected chi connectivity index (χ2v) is 11.3. The van der Waals surface area contributed by atoms with Crippen LogP contribution in [0.15, 0.2) is 15.2 Å². The molecule has 0 aromatic rings. The fraction of sp³-hybridized carbons (Fsp3) is 0.966. The number of aliphatic imine (C=N–C) groups is 1. The lowest BCUT2D eigenvalue weighted by Crippen LogP contribution is -2.64. The number of aliphatic hydroxyl groups is 4. The molecule has 3 aliphatic heterocycles. The van der Waals surface area contributed by atoms with Crippen molar-refractivity contribution in [3.05, 3.63) is 20.9 Å². The van der Waals surface area contributed by atoms with Gasteiger partial charge in [0.05, 0.1) is 79.3 Å². The van der Waals surface area contributed by atoms with Gasteiger partial charge in [0.15, 0.2) is 12.2 Å². The Kier molecular flexibility index (Phi) is 21.5. The fourth-order valence-electron chi connectivity index (χ4n) is 5.24. The summed E-state index contributed by atoms with van der Waals surface area (Å²) in [7, 11) is 0. The van der Waals surface area contributed by atoms with Gasteiger partial charge in [0, 0.05) is 43.1 Å². The van der Waals surface area contributed by atoms with Crippen LogP contribution >= 0.6 is 0 Å². The molecule has 0 saturated carbocycles. The van der Waals surface area contributed by atoms with Crippen LogP contribution < -0.4 is 0 Å². The summed E-state index contributed by atoms with van der Waals surface area (Å²) < 4.78 is 61.8. The van der Waals surface area contributed by atoms with E-state index in [1.165, 1.54) is 0 Å². The zero-order valence-corrected chi connectivity index (χ0v) is 28.7. The van der Waals surface area contributed by atoms with E-state index in [1.54, 1.807) is 6.92 Å². The van der Waals surface area contributed by atoms with Gasteiger partial charge in [0.25, 0.3) is 0 Å². The molecule has 0 aromatic heterocycles. The quantitative estimate of drug-likeness (QED) is 0.0331. The largest absolute Gasteiger partial charge is 0.450 e. The molecule has 22 heteroatoms. The van der Waals surface area contributed by atoms with Gasteiger partial charge in [-0.1, -0.05) is 10.2 Å². The lowest BCUT2D eigenvalue weighted by atomic mass is 9.96. The zero-order chi connectivity index (χ0) is 36.7. The second-order valence-electron chi connectivity index (χ2n) is 11.3. The van der Waals surface area contributed by atoms with E-state index in [-0.39, 0.29) is 52.7 Å². The van der Waals surface area contributed by atoms with Crippen molar-refractivity contribution in [2.24, 2.45) is 15.2 Å².